The zero-order chi connectivity index (χ0) is 20.6. The Morgan fingerprint density at radius 2 is 1.72 bits per heavy atom. The van der Waals surface area contributed by atoms with Crippen molar-refractivity contribution in [3.63, 3.8) is 0 Å². The van der Waals surface area contributed by atoms with Gasteiger partial charge < -0.3 is 18.9 Å². The van der Waals surface area contributed by atoms with Crippen molar-refractivity contribution in [3.8, 4) is 27.8 Å². The number of ether oxygens (including phenoxy) is 4. The third-order valence-electron chi connectivity index (χ3n) is 4.02. The lowest BCUT2D eigenvalue weighted by molar-refractivity contribution is -0.139. The van der Waals surface area contributed by atoms with Crippen LogP contribution in [0.5, 0.6) is 17.2 Å². The molecule has 0 fully saturated rings. The van der Waals surface area contributed by atoms with Crippen LogP contribution >= 0.6 is 11.3 Å². The minimum Gasteiger partial charge on any atom is -0.497 e. The minimum atomic E-state index is -0.456. The van der Waals surface area contributed by atoms with Gasteiger partial charge in [0.2, 0.25) is 0 Å². The maximum absolute atomic E-state index is 12.0. The Morgan fingerprint density at radius 3 is 2.41 bits per heavy atom. The first-order chi connectivity index (χ1) is 14.1. The lowest BCUT2D eigenvalue weighted by Crippen LogP contribution is -2.01. The Morgan fingerprint density at radius 1 is 1.00 bits per heavy atom. The average Bonchev–Trinajstić information content (AvgIpc) is 3.25. The molecule has 0 N–H and O–H groups in total. The molecule has 3 aromatic rings. The summed E-state index contributed by atoms with van der Waals surface area (Å²) in [5.41, 5.74) is 2.42. The van der Waals surface area contributed by atoms with Crippen molar-refractivity contribution >= 4 is 23.4 Å². The highest BCUT2D eigenvalue weighted by Crippen LogP contribution is 2.27. The summed E-state index contributed by atoms with van der Waals surface area (Å²) >= 11 is 1.49. The molecule has 0 saturated carbocycles. The normalized spacial score (nSPS) is 10.7. The number of hydrogen-bond acceptors (Lipinski definition) is 7. The van der Waals surface area contributed by atoms with Gasteiger partial charge in [-0.3, -0.25) is 0 Å². The zero-order valence-corrected chi connectivity index (χ0v) is 17.2. The van der Waals surface area contributed by atoms with E-state index in [1.54, 1.807) is 45.6 Å². The van der Waals surface area contributed by atoms with Crippen molar-refractivity contribution in [2.75, 3.05) is 21.3 Å². The largest absolute Gasteiger partial charge is 0.497 e. The topological polar surface area (TPSA) is 66.9 Å². The van der Waals surface area contributed by atoms with Crippen molar-refractivity contribution in [1.82, 2.24) is 4.98 Å². The second-order valence-corrected chi connectivity index (χ2v) is 6.82. The Bertz CT molecular complexity index is 990. The van der Waals surface area contributed by atoms with Crippen LogP contribution in [0, 0.1) is 0 Å². The van der Waals surface area contributed by atoms with Gasteiger partial charge in [0.05, 0.1) is 27.0 Å². The maximum atomic E-state index is 12.0. The van der Waals surface area contributed by atoms with E-state index in [0.29, 0.717) is 17.2 Å². The molecule has 150 valence electrons. The number of carbonyl (C=O) groups excluding carboxylic acids is 1. The van der Waals surface area contributed by atoms with Crippen LogP contribution in [0.3, 0.4) is 0 Å². The molecule has 2 aromatic carbocycles. The molecule has 0 bridgehead atoms. The second kappa shape index (κ2) is 9.75. The Labute approximate surface area is 173 Å². The molecule has 0 unspecified atom stereocenters. The van der Waals surface area contributed by atoms with E-state index in [1.165, 1.54) is 17.4 Å². The highest BCUT2D eigenvalue weighted by atomic mass is 32.1. The maximum Gasteiger partial charge on any atom is 0.331 e. The van der Waals surface area contributed by atoms with Gasteiger partial charge in [0.15, 0.2) is 0 Å². The van der Waals surface area contributed by atoms with Gasteiger partial charge in [0.1, 0.15) is 28.9 Å². The number of carbonyl (C=O) groups is 1. The highest BCUT2D eigenvalue weighted by Gasteiger charge is 2.08. The summed E-state index contributed by atoms with van der Waals surface area (Å²) in [5, 5.41) is 2.72. The molecule has 1 aromatic heterocycles. The molecule has 29 heavy (non-hydrogen) atoms. The van der Waals surface area contributed by atoms with Gasteiger partial charge in [-0.05, 0) is 35.9 Å². The predicted molar refractivity (Wildman–Crippen MR) is 112 cm³/mol. The SMILES string of the molecule is COc1cc(/C=C/C(=O)OCc2csc(-c3cccc(OC)c3)n2)cc(OC)c1. The van der Waals surface area contributed by atoms with Crippen LogP contribution < -0.4 is 14.2 Å². The lowest BCUT2D eigenvalue weighted by Gasteiger charge is -2.05. The molecule has 7 heteroatoms. The van der Waals surface area contributed by atoms with Crippen LogP contribution in [-0.4, -0.2) is 32.3 Å². The summed E-state index contributed by atoms with van der Waals surface area (Å²) in [4.78, 5) is 16.6. The van der Waals surface area contributed by atoms with Crippen LogP contribution in [0.25, 0.3) is 16.6 Å². The average molecular weight is 411 g/mol. The molecular formula is C22H21NO5S. The summed E-state index contributed by atoms with van der Waals surface area (Å²) in [6.45, 7) is 0.102. The molecule has 1 heterocycles. The molecule has 0 aliphatic rings. The van der Waals surface area contributed by atoms with Gasteiger partial charge in [0, 0.05) is 23.1 Å². The Hall–Kier alpha value is -3.32. The fourth-order valence-corrected chi connectivity index (χ4v) is 3.35. The summed E-state index contributed by atoms with van der Waals surface area (Å²) in [6, 6.07) is 13.0. The van der Waals surface area contributed by atoms with E-state index in [9.17, 15) is 4.79 Å². The molecule has 0 aliphatic carbocycles. The molecule has 0 saturated heterocycles. The van der Waals surface area contributed by atoms with Crippen molar-refractivity contribution in [2.24, 2.45) is 0 Å². The van der Waals surface area contributed by atoms with E-state index in [1.807, 2.05) is 29.6 Å². The van der Waals surface area contributed by atoms with Crippen LogP contribution in [0.2, 0.25) is 0 Å². The quantitative estimate of drug-likeness (QED) is 0.399. The number of aromatic nitrogens is 1. The van der Waals surface area contributed by atoms with Gasteiger partial charge in [-0.15, -0.1) is 11.3 Å². The number of rotatable bonds is 8. The summed E-state index contributed by atoms with van der Waals surface area (Å²) in [7, 11) is 4.77. The Kier molecular flexibility index (Phi) is 6.86. The highest BCUT2D eigenvalue weighted by molar-refractivity contribution is 7.13. The molecule has 3 rings (SSSR count). The van der Waals surface area contributed by atoms with Crippen molar-refractivity contribution in [3.05, 3.63) is 65.2 Å². The number of nitrogens with zero attached hydrogens (tertiary/aromatic N) is 1. The first kappa shape index (κ1) is 20.4. The third-order valence-corrected chi connectivity index (χ3v) is 4.96. The molecule has 0 amide bonds. The minimum absolute atomic E-state index is 0.102. The number of hydrogen-bond donors (Lipinski definition) is 0. The number of methoxy groups -OCH3 is 3. The lowest BCUT2D eigenvalue weighted by atomic mass is 10.2. The first-order valence-corrected chi connectivity index (χ1v) is 9.66. The third kappa shape index (κ3) is 5.58. The summed E-state index contributed by atoms with van der Waals surface area (Å²) in [5.74, 6) is 1.60. The van der Waals surface area contributed by atoms with E-state index in [4.69, 9.17) is 18.9 Å². The van der Waals surface area contributed by atoms with Gasteiger partial charge in [-0.2, -0.15) is 0 Å². The van der Waals surface area contributed by atoms with Crippen LogP contribution in [0.15, 0.2) is 53.9 Å². The van der Waals surface area contributed by atoms with E-state index in [0.717, 1.165) is 21.9 Å². The van der Waals surface area contributed by atoms with Crippen LogP contribution in [0.4, 0.5) is 0 Å². The molecule has 6 nitrogen and oxygen atoms in total. The molecule has 0 atom stereocenters. The van der Waals surface area contributed by atoms with E-state index < -0.39 is 5.97 Å². The zero-order valence-electron chi connectivity index (χ0n) is 16.4. The summed E-state index contributed by atoms with van der Waals surface area (Å²) in [6.07, 6.45) is 3.01. The molecule has 0 radical (unpaired) electrons. The Balaban J connectivity index is 1.60. The standard InChI is InChI=1S/C22H21NO5S/c1-25-18-6-4-5-16(11-18)22-23-17(14-29-22)13-28-21(24)8-7-15-9-19(26-2)12-20(10-15)27-3/h4-12,14H,13H2,1-3H3/b8-7+. The van der Waals surface area contributed by atoms with E-state index >= 15 is 0 Å². The monoisotopic (exact) mass is 411 g/mol. The van der Waals surface area contributed by atoms with Gasteiger partial charge in [-0.1, -0.05) is 12.1 Å². The van der Waals surface area contributed by atoms with Crippen molar-refractivity contribution in [1.29, 1.82) is 0 Å². The van der Waals surface area contributed by atoms with Crippen molar-refractivity contribution < 1.29 is 23.7 Å². The van der Waals surface area contributed by atoms with Crippen molar-refractivity contribution in [2.45, 2.75) is 6.61 Å². The van der Waals surface area contributed by atoms with Gasteiger partial charge >= 0.3 is 5.97 Å². The summed E-state index contributed by atoms with van der Waals surface area (Å²) < 4.78 is 21.0. The molecule has 0 spiro atoms. The molecular weight excluding hydrogens is 390 g/mol. The second-order valence-electron chi connectivity index (χ2n) is 5.96. The number of benzene rings is 2. The van der Waals surface area contributed by atoms with Gasteiger partial charge in [-0.25, -0.2) is 9.78 Å². The first-order valence-electron chi connectivity index (χ1n) is 8.78. The fraction of sp³-hybridized carbons (Fsp3) is 0.182. The van der Waals surface area contributed by atoms with E-state index in [-0.39, 0.29) is 6.61 Å². The predicted octanol–water partition coefficient (Wildman–Crippen LogP) is 4.59. The number of thiazole rings is 1. The fourth-order valence-electron chi connectivity index (χ4n) is 2.55. The van der Waals surface area contributed by atoms with Crippen LogP contribution in [0.1, 0.15) is 11.3 Å². The van der Waals surface area contributed by atoms with E-state index in [2.05, 4.69) is 4.98 Å². The number of esters is 1. The van der Waals surface area contributed by atoms with Crippen LogP contribution in [-0.2, 0) is 16.1 Å². The molecule has 0 aliphatic heterocycles. The smallest absolute Gasteiger partial charge is 0.331 e. The van der Waals surface area contributed by atoms with Gasteiger partial charge in [0.25, 0.3) is 0 Å².